The van der Waals surface area contributed by atoms with Crippen LogP contribution in [-0.2, 0) is 16.0 Å². The molecular formula is C17H20N4O4S. The molecule has 1 saturated heterocycles. The number of benzene rings is 1. The van der Waals surface area contributed by atoms with Gasteiger partial charge in [-0.3, -0.25) is 15.0 Å². The number of hydrogen-bond acceptors (Lipinski definition) is 7. The first-order valence-corrected chi connectivity index (χ1v) is 9.07. The third kappa shape index (κ3) is 4.69. The number of aryl methyl sites for hydroxylation is 2. The Labute approximate surface area is 155 Å². The van der Waals surface area contributed by atoms with E-state index in [1.165, 1.54) is 27.4 Å². The molecule has 2 aromatic rings. The fraction of sp³-hybridized carbons (Fsp3) is 0.412. The molecule has 1 aromatic carbocycles. The number of nitrogens with one attached hydrogen (secondary N) is 1. The highest BCUT2D eigenvalue weighted by Gasteiger charge is 2.24. The second kappa shape index (κ2) is 8.13. The van der Waals surface area contributed by atoms with Gasteiger partial charge in [0.15, 0.2) is 0 Å². The summed E-state index contributed by atoms with van der Waals surface area (Å²) < 4.78 is 10.5. The molecular weight excluding hydrogens is 356 g/mol. The lowest BCUT2D eigenvalue weighted by atomic mass is 10.1. The molecule has 1 aromatic heterocycles. The summed E-state index contributed by atoms with van der Waals surface area (Å²) >= 11 is 1.29. The number of hydrogen-bond donors (Lipinski definition) is 1. The molecule has 9 heteroatoms. The van der Waals surface area contributed by atoms with Crippen LogP contribution < -0.4 is 10.1 Å². The van der Waals surface area contributed by atoms with E-state index in [0.29, 0.717) is 31.3 Å². The van der Waals surface area contributed by atoms with Crippen molar-refractivity contribution in [2.75, 3.05) is 31.6 Å². The molecule has 0 bridgehead atoms. The molecule has 2 amide bonds. The molecule has 1 aliphatic rings. The summed E-state index contributed by atoms with van der Waals surface area (Å²) in [5.41, 5.74) is 2.41. The Hall–Kier alpha value is -2.68. The number of carbonyl (C=O) groups excluding carboxylic acids is 2. The van der Waals surface area contributed by atoms with Crippen LogP contribution in [0.5, 0.6) is 5.75 Å². The molecule has 138 valence electrons. The molecule has 2 heterocycles. The average Bonchev–Trinajstić information content (AvgIpc) is 3.20. The Bertz CT molecular complexity index is 808. The molecule has 1 fully saturated rings. The zero-order valence-electron chi connectivity index (χ0n) is 14.7. The van der Waals surface area contributed by atoms with Crippen LogP contribution in [0.15, 0.2) is 18.2 Å². The second-order valence-corrected chi connectivity index (χ2v) is 6.99. The molecule has 8 nitrogen and oxygen atoms in total. The van der Waals surface area contributed by atoms with Crippen LogP contribution in [0.3, 0.4) is 0 Å². The number of rotatable bonds is 7. The van der Waals surface area contributed by atoms with Crippen LogP contribution in [0.1, 0.15) is 16.1 Å². The van der Waals surface area contributed by atoms with Gasteiger partial charge in [-0.05, 0) is 37.1 Å². The first-order chi connectivity index (χ1) is 12.5. The van der Waals surface area contributed by atoms with Crippen molar-refractivity contribution in [3.05, 3.63) is 34.3 Å². The zero-order valence-corrected chi connectivity index (χ0v) is 15.5. The van der Waals surface area contributed by atoms with Crippen LogP contribution in [0.25, 0.3) is 0 Å². The van der Waals surface area contributed by atoms with Crippen LogP contribution in [0.2, 0.25) is 0 Å². The van der Waals surface area contributed by atoms with E-state index < -0.39 is 6.09 Å². The molecule has 0 radical (unpaired) electrons. The van der Waals surface area contributed by atoms with Crippen LogP contribution >= 0.6 is 11.3 Å². The second-order valence-electron chi connectivity index (χ2n) is 5.93. The number of aromatic nitrogens is 2. The maximum Gasteiger partial charge on any atom is 0.410 e. The number of carbonyl (C=O) groups is 2. The summed E-state index contributed by atoms with van der Waals surface area (Å²) in [6.07, 6.45) is 0.125. The number of nitrogens with zero attached hydrogens (tertiary/aromatic N) is 3. The molecule has 1 aliphatic heterocycles. The average molecular weight is 376 g/mol. The minimum Gasteiger partial charge on any atom is -0.493 e. The quantitative estimate of drug-likeness (QED) is 0.796. The molecule has 3 rings (SSSR count). The molecule has 1 N–H and O–H groups in total. The lowest BCUT2D eigenvalue weighted by molar-refractivity contribution is -0.116. The Morgan fingerprint density at radius 3 is 2.92 bits per heavy atom. The third-order valence-corrected chi connectivity index (χ3v) is 4.85. The first kappa shape index (κ1) is 18.1. The van der Waals surface area contributed by atoms with Crippen LogP contribution in [0.4, 0.5) is 9.93 Å². The SMILES string of the molecule is Cc1ccc(OCCc2nnc(NC(=O)CN3CCOC3=O)s2)cc1C. The first-order valence-electron chi connectivity index (χ1n) is 8.25. The summed E-state index contributed by atoms with van der Waals surface area (Å²) in [4.78, 5) is 24.6. The van der Waals surface area contributed by atoms with Gasteiger partial charge in [-0.1, -0.05) is 17.4 Å². The Morgan fingerprint density at radius 1 is 1.35 bits per heavy atom. The maximum absolute atomic E-state index is 11.9. The highest BCUT2D eigenvalue weighted by atomic mass is 32.1. The summed E-state index contributed by atoms with van der Waals surface area (Å²) in [7, 11) is 0. The molecule has 26 heavy (non-hydrogen) atoms. The van der Waals surface area contributed by atoms with Crippen molar-refractivity contribution >= 4 is 28.5 Å². The standard InChI is InChI=1S/C17H20N4O4S/c1-11-3-4-13(9-12(11)2)24-7-5-15-19-20-16(26-15)18-14(22)10-21-6-8-25-17(21)23/h3-4,9H,5-8,10H2,1-2H3,(H,18,20,22). The fourth-order valence-corrected chi connectivity index (χ4v) is 3.10. The van der Waals surface area contributed by atoms with E-state index in [0.717, 1.165) is 10.8 Å². The summed E-state index contributed by atoms with van der Waals surface area (Å²) in [6, 6.07) is 5.97. The summed E-state index contributed by atoms with van der Waals surface area (Å²) in [5, 5.41) is 11.8. The Balaban J connectivity index is 1.44. The van der Waals surface area contributed by atoms with Gasteiger partial charge in [0.2, 0.25) is 11.0 Å². The monoisotopic (exact) mass is 376 g/mol. The predicted molar refractivity (Wildman–Crippen MR) is 96.6 cm³/mol. The van der Waals surface area contributed by atoms with E-state index in [4.69, 9.17) is 9.47 Å². The minimum atomic E-state index is -0.471. The fourth-order valence-electron chi connectivity index (χ4n) is 2.37. The van der Waals surface area contributed by atoms with Gasteiger partial charge in [0.05, 0.1) is 13.2 Å². The van der Waals surface area contributed by atoms with Crippen molar-refractivity contribution < 1.29 is 19.1 Å². The van der Waals surface area contributed by atoms with Crippen molar-refractivity contribution in [2.45, 2.75) is 20.3 Å². The number of cyclic esters (lactones) is 1. The van der Waals surface area contributed by atoms with Gasteiger partial charge in [-0.15, -0.1) is 10.2 Å². The summed E-state index contributed by atoms with van der Waals surface area (Å²) in [5.74, 6) is 0.501. The lowest BCUT2D eigenvalue weighted by Gasteiger charge is -2.10. The predicted octanol–water partition coefficient (Wildman–Crippen LogP) is 2.17. The van der Waals surface area contributed by atoms with Crippen molar-refractivity contribution in [3.8, 4) is 5.75 Å². The van der Waals surface area contributed by atoms with Crippen LogP contribution in [0, 0.1) is 13.8 Å². The topological polar surface area (TPSA) is 93.7 Å². The van der Waals surface area contributed by atoms with Gasteiger partial charge in [0.1, 0.15) is 23.9 Å². The number of ether oxygens (including phenoxy) is 2. The van der Waals surface area contributed by atoms with Gasteiger partial charge in [-0.2, -0.15) is 0 Å². The highest BCUT2D eigenvalue weighted by Crippen LogP contribution is 2.19. The maximum atomic E-state index is 11.9. The van der Waals surface area contributed by atoms with Crippen molar-refractivity contribution in [3.63, 3.8) is 0 Å². The normalized spacial score (nSPS) is 13.6. The van der Waals surface area contributed by atoms with Gasteiger partial charge in [0.25, 0.3) is 0 Å². The van der Waals surface area contributed by atoms with Gasteiger partial charge >= 0.3 is 6.09 Å². The van der Waals surface area contributed by atoms with E-state index in [9.17, 15) is 9.59 Å². The van der Waals surface area contributed by atoms with Gasteiger partial charge in [0, 0.05) is 6.42 Å². The third-order valence-electron chi connectivity index (χ3n) is 3.96. The Morgan fingerprint density at radius 2 is 2.19 bits per heavy atom. The van der Waals surface area contributed by atoms with E-state index in [1.54, 1.807) is 0 Å². The van der Waals surface area contributed by atoms with Crippen molar-refractivity contribution in [1.29, 1.82) is 0 Å². The largest absolute Gasteiger partial charge is 0.493 e. The van der Waals surface area contributed by atoms with Gasteiger partial charge in [-0.25, -0.2) is 4.79 Å². The molecule has 0 saturated carbocycles. The molecule has 0 atom stereocenters. The number of anilines is 1. The van der Waals surface area contributed by atoms with E-state index in [1.807, 2.05) is 25.1 Å². The molecule has 0 unspecified atom stereocenters. The van der Waals surface area contributed by atoms with E-state index in [2.05, 4.69) is 22.4 Å². The lowest BCUT2D eigenvalue weighted by Crippen LogP contribution is -2.33. The minimum absolute atomic E-state index is 0.0520. The number of amides is 2. The van der Waals surface area contributed by atoms with Crippen LogP contribution in [-0.4, -0.2) is 53.4 Å². The smallest absolute Gasteiger partial charge is 0.410 e. The van der Waals surface area contributed by atoms with Crippen molar-refractivity contribution in [2.24, 2.45) is 0 Å². The highest BCUT2D eigenvalue weighted by molar-refractivity contribution is 7.15. The van der Waals surface area contributed by atoms with Gasteiger partial charge < -0.3 is 9.47 Å². The molecule has 0 spiro atoms. The van der Waals surface area contributed by atoms with E-state index in [-0.39, 0.29) is 12.5 Å². The van der Waals surface area contributed by atoms with Crippen molar-refractivity contribution in [1.82, 2.24) is 15.1 Å². The molecule has 0 aliphatic carbocycles. The van der Waals surface area contributed by atoms with E-state index >= 15 is 0 Å². The zero-order chi connectivity index (χ0) is 18.5. The summed E-state index contributed by atoms with van der Waals surface area (Å²) in [6.45, 7) is 5.26. The Kier molecular flexibility index (Phi) is 5.67.